The highest BCUT2D eigenvalue weighted by atomic mass is 16.6. The fourth-order valence-corrected chi connectivity index (χ4v) is 8.57. The molecule has 0 heterocycles. The van der Waals surface area contributed by atoms with Gasteiger partial charge in [0.1, 0.15) is 13.2 Å². The summed E-state index contributed by atoms with van der Waals surface area (Å²) in [5.41, 5.74) is 0. The maximum Gasteiger partial charge on any atom is 0.306 e. The molecule has 1 atom stereocenters. The van der Waals surface area contributed by atoms with Crippen molar-refractivity contribution < 1.29 is 28.6 Å². The molecule has 0 aromatic carbocycles. The molecule has 0 bridgehead atoms. The highest BCUT2D eigenvalue weighted by Crippen LogP contribution is 2.17. The number of hydrogen-bond donors (Lipinski definition) is 0. The molecule has 0 aliphatic carbocycles. The Bertz CT molecular complexity index is 1250. The normalized spacial score (nSPS) is 12.4. The standard InChI is InChI=1S/C63H112O6/c1-4-7-10-13-15-17-19-21-22-23-24-25-26-27-28-29-30-31-32-33-34-35-36-37-38-39-40-42-43-45-47-50-53-56-62(65)68-59-60(58-67-61(64)55-52-49-12-9-6-3)69-63(66)57-54-51-48-46-44-41-20-18-16-14-11-8-5-2/h8,11,16,18,23-24,41,44,48,51,60H,4-7,9-10,12-15,17,19-22,25-40,42-43,45-47,49-50,52-59H2,1-3H3/b11-8-,18-16-,24-23-,44-41-,51-48-. The first kappa shape index (κ1) is 66.1. The van der Waals surface area contributed by atoms with E-state index in [0.717, 1.165) is 70.6 Å². The summed E-state index contributed by atoms with van der Waals surface area (Å²) in [6, 6.07) is 0. The minimum Gasteiger partial charge on any atom is -0.462 e. The smallest absolute Gasteiger partial charge is 0.306 e. The van der Waals surface area contributed by atoms with E-state index in [1.165, 1.54) is 186 Å². The van der Waals surface area contributed by atoms with Crippen molar-refractivity contribution in [3.63, 3.8) is 0 Å². The minimum absolute atomic E-state index is 0.101. The molecule has 400 valence electrons. The Balaban J connectivity index is 3.90. The van der Waals surface area contributed by atoms with Crippen LogP contribution in [-0.4, -0.2) is 37.2 Å². The molecule has 0 amide bonds. The molecule has 0 fully saturated rings. The first-order valence-electron chi connectivity index (χ1n) is 29.8. The second-order valence-corrected chi connectivity index (χ2v) is 19.9. The van der Waals surface area contributed by atoms with Gasteiger partial charge in [0.05, 0.1) is 0 Å². The summed E-state index contributed by atoms with van der Waals surface area (Å²) in [4.78, 5) is 37.6. The van der Waals surface area contributed by atoms with Gasteiger partial charge in [0.15, 0.2) is 6.10 Å². The van der Waals surface area contributed by atoms with Gasteiger partial charge in [-0.1, -0.05) is 274 Å². The third kappa shape index (κ3) is 55.9. The van der Waals surface area contributed by atoms with Crippen molar-refractivity contribution in [2.75, 3.05) is 13.2 Å². The van der Waals surface area contributed by atoms with Crippen LogP contribution in [0, 0.1) is 0 Å². The fourth-order valence-electron chi connectivity index (χ4n) is 8.57. The molecule has 6 nitrogen and oxygen atoms in total. The lowest BCUT2D eigenvalue weighted by atomic mass is 10.0. The number of carbonyl (C=O) groups excluding carboxylic acids is 3. The lowest BCUT2D eigenvalue weighted by molar-refractivity contribution is -0.166. The second kappa shape index (κ2) is 57.7. The van der Waals surface area contributed by atoms with Crippen LogP contribution in [0.25, 0.3) is 0 Å². The summed E-state index contributed by atoms with van der Waals surface area (Å²) in [5.74, 6) is -0.990. The number of allylic oxidation sites excluding steroid dienone is 10. The predicted octanol–water partition coefficient (Wildman–Crippen LogP) is 20.0. The third-order valence-corrected chi connectivity index (χ3v) is 13.0. The molecular formula is C63H112O6. The highest BCUT2D eigenvalue weighted by Gasteiger charge is 2.19. The first-order chi connectivity index (χ1) is 34.0. The molecule has 0 saturated heterocycles. The number of hydrogen-bond acceptors (Lipinski definition) is 6. The highest BCUT2D eigenvalue weighted by molar-refractivity contribution is 5.71. The van der Waals surface area contributed by atoms with Crippen LogP contribution in [0.15, 0.2) is 60.8 Å². The van der Waals surface area contributed by atoms with Crippen molar-refractivity contribution in [1.82, 2.24) is 0 Å². The van der Waals surface area contributed by atoms with E-state index in [0.29, 0.717) is 19.3 Å². The van der Waals surface area contributed by atoms with E-state index in [-0.39, 0.29) is 37.5 Å². The zero-order valence-electron chi connectivity index (χ0n) is 45.8. The minimum atomic E-state index is -0.806. The summed E-state index contributed by atoms with van der Waals surface area (Å²) in [6.07, 6.45) is 73.2. The van der Waals surface area contributed by atoms with Crippen LogP contribution in [-0.2, 0) is 28.6 Å². The lowest BCUT2D eigenvalue weighted by Gasteiger charge is -2.18. The Morgan fingerprint density at radius 3 is 0.942 bits per heavy atom. The van der Waals surface area contributed by atoms with Gasteiger partial charge in [0.2, 0.25) is 0 Å². The molecule has 1 unspecified atom stereocenters. The van der Waals surface area contributed by atoms with Crippen LogP contribution in [0.4, 0.5) is 0 Å². The predicted molar refractivity (Wildman–Crippen MR) is 298 cm³/mol. The van der Waals surface area contributed by atoms with E-state index < -0.39 is 6.10 Å². The molecular weight excluding hydrogens is 853 g/mol. The van der Waals surface area contributed by atoms with E-state index in [1.807, 2.05) is 12.2 Å². The van der Waals surface area contributed by atoms with Gasteiger partial charge in [-0.25, -0.2) is 0 Å². The number of rotatable bonds is 54. The van der Waals surface area contributed by atoms with Gasteiger partial charge in [-0.05, 0) is 70.6 Å². The molecule has 0 rings (SSSR count). The zero-order valence-corrected chi connectivity index (χ0v) is 45.8. The Hall–Kier alpha value is -2.89. The summed E-state index contributed by atoms with van der Waals surface area (Å²) >= 11 is 0. The molecule has 0 aliphatic rings. The van der Waals surface area contributed by atoms with Gasteiger partial charge in [-0.3, -0.25) is 14.4 Å². The zero-order chi connectivity index (χ0) is 50.0. The van der Waals surface area contributed by atoms with E-state index in [4.69, 9.17) is 14.2 Å². The fraction of sp³-hybridized carbons (Fsp3) is 0.794. The summed E-state index contributed by atoms with van der Waals surface area (Å²) < 4.78 is 16.6. The largest absolute Gasteiger partial charge is 0.462 e. The van der Waals surface area contributed by atoms with Gasteiger partial charge in [0, 0.05) is 19.3 Å². The Morgan fingerprint density at radius 2 is 0.594 bits per heavy atom. The van der Waals surface area contributed by atoms with Gasteiger partial charge >= 0.3 is 17.9 Å². The second-order valence-electron chi connectivity index (χ2n) is 19.9. The number of esters is 3. The SMILES string of the molecule is CC/C=C\C/C=C\C/C=C\C/C=C\CCC(=O)OC(COC(=O)CCCCCCC)COC(=O)CCCCCCCCCCCCCCCCCCCCCCC/C=C\CCCCCCCCCC. The molecule has 0 radical (unpaired) electrons. The van der Waals surface area contributed by atoms with E-state index in [1.54, 1.807) is 0 Å². The molecule has 0 aromatic heterocycles. The molecule has 0 saturated carbocycles. The van der Waals surface area contributed by atoms with Crippen LogP contribution >= 0.6 is 0 Å². The molecule has 0 aromatic rings. The van der Waals surface area contributed by atoms with Crippen molar-refractivity contribution in [3.05, 3.63) is 60.8 Å². The van der Waals surface area contributed by atoms with Crippen molar-refractivity contribution >= 4 is 17.9 Å². The maximum absolute atomic E-state index is 12.7. The van der Waals surface area contributed by atoms with Crippen LogP contribution in [0.2, 0.25) is 0 Å². The van der Waals surface area contributed by atoms with Crippen molar-refractivity contribution in [2.45, 2.75) is 309 Å². The van der Waals surface area contributed by atoms with Crippen molar-refractivity contribution in [3.8, 4) is 0 Å². The summed E-state index contributed by atoms with van der Waals surface area (Å²) in [6.45, 7) is 6.39. The van der Waals surface area contributed by atoms with Gasteiger partial charge in [-0.15, -0.1) is 0 Å². The number of unbranched alkanes of at least 4 members (excludes halogenated alkanes) is 33. The molecule has 6 heteroatoms. The molecule has 69 heavy (non-hydrogen) atoms. The van der Waals surface area contributed by atoms with Crippen molar-refractivity contribution in [2.24, 2.45) is 0 Å². The van der Waals surface area contributed by atoms with E-state index >= 15 is 0 Å². The molecule has 0 N–H and O–H groups in total. The quantitative estimate of drug-likeness (QED) is 0.0262. The van der Waals surface area contributed by atoms with Gasteiger partial charge < -0.3 is 14.2 Å². The van der Waals surface area contributed by atoms with Crippen molar-refractivity contribution in [1.29, 1.82) is 0 Å². The topological polar surface area (TPSA) is 78.9 Å². The van der Waals surface area contributed by atoms with E-state index in [2.05, 4.69) is 69.4 Å². The third-order valence-electron chi connectivity index (χ3n) is 13.0. The van der Waals surface area contributed by atoms with Crippen LogP contribution in [0.1, 0.15) is 303 Å². The summed E-state index contributed by atoms with van der Waals surface area (Å²) in [5, 5.41) is 0. The Morgan fingerprint density at radius 1 is 0.304 bits per heavy atom. The summed E-state index contributed by atoms with van der Waals surface area (Å²) in [7, 11) is 0. The monoisotopic (exact) mass is 965 g/mol. The lowest BCUT2D eigenvalue weighted by Crippen LogP contribution is -2.30. The number of ether oxygens (including phenoxy) is 3. The molecule has 0 spiro atoms. The maximum atomic E-state index is 12.7. The van der Waals surface area contributed by atoms with Gasteiger partial charge in [0.25, 0.3) is 0 Å². The van der Waals surface area contributed by atoms with Crippen LogP contribution in [0.3, 0.4) is 0 Å². The first-order valence-corrected chi connectivity index (χ1v) is 29.8. The average Bonchev–Trinajstić information content (AvgIpc) is 3.35. The van der Waals surface area contributed by atoms with Crippen LogP contribution < -0.4 is 0 Å². The molecule has 0 aliphatic heterocycles. The van der Waals surface area contributed by atoms with Gasteiger partial charge in [-0.2, -0.15) is 0 Å². The van der Waals surface area contributed by atoms with Crippen LogP contribution in [0.5, 0.6) is 0 Å². The Labute approximate surface area is 428 Å². The van der Waals surface area contributed by atoms with E-state index in [9.17, 15) is 14.4 Å². The Kier molecular flexibility index (Phi) is 55.3. The number of carbonyl (C=O) groups is 3. The average molecular weight is 966 g/mol.